The molecule has 0 atom stereocenters. The number of anilines is 1. The molecule has 2 aromatic carbocycles. The number of nitrogens with one attached hydrogen (secondary N) is 2. The van der Waals surface area contributed by atoms with Crippen LogP contribution in [0.1, 0.15) is 15.9 Å². The van der Waals surface area contributed by atoms with Crippen LogP contribution in [0.4, 0.5) is 5.69 Å². The predicted octanol–water partition coefficient (Wildman–Crippen LogP) is 2.77. The zero-order chi connectivity index (χ0) is 16.7. The number of carbonyl (C=O) groups is 2. The third-order valence-corrected chi connectivity index (χ3v) is 3.06. The first-order valence-corrected chi connectivity index (χ1v) is 6.94. The van der Waals surface area contributed by atoms with Gasteiger partial charge in [0.2, 0.25) is 0 Å². The van der Waals surface area contributed by atoms with Gasteiger partial charge in [0.25, 0.3) is 11.8 Å². The lowest BCUT2D eigenvalue weighted by Gasteiger charge is -2.04. The Morgan fingerprint density at radius 2 is 1.70 bits per heavy atom. The van der Waals surface area contributed by atoms with E-state index in [0.29, 0.717) is 5.56 Å². The fourth-order valence-corrected chi connectivity index (χ4v) is 1.79. The predicted molar refractivity (Wildman–Crippen MR) is 87.4 cm³/mol. The summed E-state index contributed by atoms with van der Waals surface area (Å²) in [6, 6.07) is 17.6. The third kappa shape index (κ3) is 4.55. The highest BCUT2D eigenvalue weighted by Gasteiger charge is 2.14. The molecule has 0 spiro atoms. The van der Waals surface area contributed by atoms with Crippen molar-refractivity contribution in [1.29, 1.82) is 5.26 Å². The van der Waals surface area contributed by atoms with Gasteiger partial charge in [0.1, 0.15) is 11.6 Å². The maximum absolute atomic E-state index is 12.0. The second-order valence-electron chi connectivity index (χ2n) is 4.83. The van der Waals surface area contributed by atoms with Crippen molar-refractivity contribution >= 4 is 17.5 Å². The molecule has 0 aliphatic heterocycles. The number of benzene rings is 2. The smallest absolute Gasteiger partial charge is 0.270 e. The highest BCUT2D eigenvalue weighted by atomic mass is 16.2. The van der Waals surface area contributed by atoms with Crippen molar-refractivity contribution in [3.63, 3.8) is 0 Å². The SMILES string of the molecule is Cc1ccc(NC=C(C#N)C(=O)NC(=O)c2ccccc2)cc1. The van der Waals surface area contributed by atoms with Gasteiger partial charge in [-0.05, 0) is 31.2 Å². The molecular weight excluding hydrogens is 290 g/mol. The molecule has 0 saturated heterocycles. The largest absolute Gasteiger partial charge is 0.360 e. The molecule has 0 bridgehead atoms. The molecule has 114 valence electrons. The minimum atomic E-state index is -0.749. The van der Waals surface area contributed by atoms with Gasteiger partial charge in [-0.2, -0.15) is 5.26 Å². The summed E-state index contributed by atoms with van der Waals surface area (Å²) >= 11 is 0. The number of aryl methyl sites for hydroxylation is 1. The van der Waals surface area contributed by atoms with E-state index in [1.54, 1.807) is 36.4 Å². The zero-order valence-electron chi connectivity index (χ0n) is 12.5. The van der Waals surface area contributed by atoms with Crippen LogP contribution in [0.2, 0.25) is 0 Å². The standard InChI is InChI=1S/C18H15N3O2/c1-13-7-9-16(10-8-13)20-12-15(11-19)18(23)21-17(22)14-5-3-2-4-6-14/h2-10,12,20H,1H3,(H,21,22,23). The number of nitrogens with zero attached hydrogens (tertiary/aromatic N) is 1. The van der Waals surface area contributed by atoms with Crippen LogP contribution >= 0.6 is 0 Å². The molecule has 0 aliphatic carbocycles. The van der Waals surface area contributed by atoms with Crippen LogP contribution in [0.25, 0.3) is 0 Å². The molecule has 2 aromatic rings. The molecule has 23 heavy (non-hydrogen) atoms. The molecule has 5 nitrogen and oxygen atoms in total. The van der Waals surface area contributed by atoms with E-state index in [4.69, 9.17) is 5.26 Å². The lowest BCUT2D eigenvalue weighted by atomic mass is 10.2. The Morgan fingerprint density at radius 3 is 2.30 bits per heavy atom. The van der Waals surface area contributed by atoms with Crippen LogP contribution in [0, 0.1) is 18.3 Å². The summed E-state index contributed by atoms with van der Waals surface area (Å²) in [5, 5.41) is 14.1. The van der Waals surface area contributed by atoms with E-state index in [9.17, 15) is 9.59 Å². The number of carbonyl (C=O) groups excluding carboxylic acids is 2. The summed E-state index contributed by atoms with van der Waals surface area (Å²) in [6.07, 6.45) is 1.28. The third-order valence-electron chi connectivity index (χ3n) is 3.06. The van der Waals surface area contributed by atoms with Crippen LogP contribution in [0.5, 0.6) is 0 Å². The molecule has 0 aromatic heterocycles. The van der Waals surface area contributed by atoms with Crippen molar-refractivity contribution < 1.29 is 9.59 Å². The van der Waals surface area contributed by atoms with Crippen molar-refractivity contribution in [2.45, 2.75) is 6.92 Å². The molecule has 0 heterocycles. The van der Waals surface area contributed by atoms with E-state index in [1.165, 1.54) is 6.20 Å². The lowest BCUT2D eigenvalue weighted by molar-refractivity contribution is -0.116. The molecule has 5 heteroatoms. The summed E-state index contributed by atoms with van der Waals surface area (Å²) in [6.45, 7) is 1.96. The molecule has 0 saturated carbocycles. The van der Waals surface area contributed by atoms with Gasteiger partial charge in [0.15, 0.2) is 0 Å². The van der Waals surface area contributed by atoms with Gasteiger partial charge in [-0.3, -0.25) is 14.9 Å². The fraction of sp³-hybridized carbons (Fsp3) is 0.0556. The van der Waals surface area contributed by atoms with Crippen molar-refractivity contribution in [3.8, 4) is 6.07 Å². The maximum Gasteiger partial charge on any atom is 0.270 e. The molecule has 0 aliphatic rings. The van der Waals surface area contributed by atoms with Crippen molar-refractivity contribution in [1.82, 2.24) is 5.32 Å². The summed E-state index contributed by atoms with van der Waals surface area (Å²) in [5.41, 5.74) is 2.01. The molecule has 2 N–H and O–H groups in total. The Bertz CT molecular complexity index is 772. The van der Waals surface area contributed by atoms with E-state index >= 15 is 0 Å². The first-order chi connectivity index (χ1) is 11.1. The highest BCUT2D eigenvalue weighted by molar-refractivity contribution is 6.11. The van der Waals surface area contributed by atoms with E-state index in [-0.39, 0.29) is 5.57 Å². The Hall–Kier alpha value is -3.39. The molecular formula is C18H15N3O2. The number of nitriles is 1. The van der Waals surface area contributed by atoms with Crippen LogP contribution in [-0.2, 0) is 4.79 Å². The van der Waals surface area contributed by atoms with Crippen LogP contribution in [-0.4, -0.2) is 11.8 Å². The summed E-state index contributed by atoms with van der Waals surface area (Å²) < 4.78 is 0. The van der Waals surface area contributed by atoms with Gasteiger partial charge in [0, 0.05) is 17.5 Å². The van der Waals surface area contributed by atoms with Gasteiger partial charge < -0.3 is 5.32 Å². The Morgan fingerprint density at radius 1 is 1.04 bits per heavy atom. The zero-order valence-corrected chi connectivity index (χ0v) is 12.5. The maximum atomic E-state index is 12.0. The van der Waals surface area contributed by atoms with E-state index in [0.717, 1.165) is 11.3 Å². The second kappa shape index (κ2) is 7.57. The molecule has 0 unspecified atom stereocenters. The van der Waals surface area contributed by atoms with Gasteiger partial charge in [0.05, 0.1) is 0 Å². The number of rotatable bonds is 4. The first kappa shape index (κ1) is 16.0. The average Bonchev–Trinajstić information content (AvgIpc) is 2.58. The Kier molecular flexibility index (Phi) is 5.26. The minimum absolute atomic E-state index is 0.185. The highest BCUT2D eigenvalue weighted by Crippen LogP contribution is 2.09. The van der Waals surface area contributed by atoms with Crippen molar-refractivity contribution in [3.05, 3.63) is 77.5 Å². The van der Waals surface area contributed by atoms with Crippen LogP contribution < -0.4 is 10.6 Å². The Balaban J connectivity index is 2.03. The van der Waals surface area contributed by atoms with Gasteiger partial charge >= 0.3 is 0 Å². The van der Waals surface area contributed by atoms with Gasteiger partial charge in [-0.1, -0.05) is 35.9 Å². The molecule has 0 radical (unpaired) electrons. The number of amides is 2. The minimum Gasteiger partial charge on any atom is -0.360 e. The summed E-state index contributed by atoms with van der Waals surface area (Å²) in [4.78, 5) is 23.9. The molecule has 2 amide bonds. The van der Waals surface area contributed by atoms with Gasteiger partial charge in [-0.15, -0.1) is 0 Å². The summed E-state index contributed by atoms with van der Waals surface area (Å²) in [5.74, 6) is -1.30. The first-order valence-electron chi connectivity index (χ1n) is 6.94. The molecule has 0 fully saturated rings. The quantitative estimate of drug-likeness (QED) is 0.672. The second-order valence-corrected chi connectivity index (χ2v) is 4.83. The Labute approximate surface area is 134 Å². The normalized spacial score (nSPS) is 10.5. The monoisotopic (exact) mass is 305 g/mol. The number of hydrogen-bond donors (Lipinski definition) is 2. The van der Waals surface area contributed by atoms with Crippen molar-refractivity contribution in [2.75, 3.05) is 5.32 Å². The van der Waals surface area contributed by atoms with Crippen LogP contribution in [0.15, 0.2) is 66.4 Å². The van der Waals surface area contributed by atoms with E-state index < -0.39 is 11.8 Å². The topological polar surface area (TPSA) is 82.0 Å². The van der Waals surface area contributed by atoms with Crippen molar-refractivity contribution in [2.24, 2.45) is 0 Å². The number of hydrogen-bond acceptors (Lipinski definition) is 4. The van der Waals surface area contributed by atoms with Gasteiger partial charge in [-0.25, -0.2) is 0 Å². The van der Waals surface area contributed by atoms with E-state index in [2.05, 4.69) is 10.6 Å². The average molecular weight is 305 g/mol. The lowest BCUT2D eigenvalue weighted by Crippen LogP contribution is -2.31. The fourth-order valence-electron chi connectivity index (χ4n) is 1.79. The molecule has 2 rings (SSSR count). The summed E-state index contributed by atoms with van der Waals surface area (Å²) in [7, 11) is 0. The van der Waals surface area contributed by atoms with E-state index in [1.807, 2.05) is 31.2 Å². The number of imide groups is 1. The van der Waals surface area contributed by atoms with Crippen LogP contribution in [0.3, 0.4) is 0 Å².